The lowest BCUT2D eigenvalue weighted by atomic mass is 9.92. The molecular weight excluding hydrogens is 391 g/mol. The number of benzene rings is 2. The summed E-state index contributed by atoms with van der Waals surface area (Å²) in [6, 6.07) is 13.4. The molecule has 3 heterocycles. The van der Waals surface area contributed by atoms with Crippen LogP contribution in [0.1, 0.15) is 25.0 Å². The number of fused-ring (bicyclic) bond motifs is 3. The van der Waals surface area contributed by atoms with Gasteiger partial charge in [0.25, 0.3) is 0 Å². The first-order valence-electron chi connectivity index (χ1n) is 9.10. The molecule has 0 unspecified atom stereocenters. The maximum atomic E-state index is 14.2. The standard InChI is InChI=1S/C21H19FN4S2/c1-21(2)15-6-3-4-8-18(15)23-19(25-21)27-11-13-12-28-20-24-17-9-5-7-16(22)14(17)10-26(13)20/h3-9,12H,10-11H2,1-2H3,(H,23,25). The highest BCUT2D eigenvalue weighted by Crippen LogP contribution is 2.40. The van der Waals surface area contributed by atoms with Crippen molar-refractivity contribution in [2.24, 2.45) is 9.98 Å². The molecule has 0 saturated heterocycles. The lowest BCUT2D eigenvalue weighted by Gasteiger charge is -2.31. The highest BCUT2D eigenvalue weighted by Gasteiger charge is 2.31. The number of anilines is 1. The van der Waals surface area contributed by atoms with Crippen LogP contribution in [-0.4, -0.2) is 21.0 Å². The van der Waals surface area contributed by atoms with Crippen molar-refractivity contribution < 1.29 is 4.39 Å². The molecule has 3 aliphatic rings. The van der Waals surface area contributed by atoms with E-state index < -0.39 is 0 Å². The molecule has 142 valence electrons. The largest absolute Gasteiger partial charge is 0.335 e. The summed E-state index contributed by atoms with van der Waals surface area (Å²) in [6.07, 6.45) is 0. The molecule has 0 fully saturated rings. The van der Waals surface area contributed by atoms with Crippen LogP contribution in [0.3, 0.4) is 0 Å². The second kappa shape index (κ2) is 6.67. The van der Waals surface area contributed by atoms with Crippen molar-refractivity contribution in [3.8, 4) is 0 Å². The highest BCUT2D eigenvalue weighted by molar-refractivity contribution is 8.17. The van der Waals surface area contributed by atoms with Gasteiger partial charge in [0, 0.05) is 28.3 Å². The van der Waals surface area contributed by atoms with Crippen LogP contribution in [0.25, 0.3) is 0 Å². The molecular formula is C21H19FN4S2. The van der Waals surface area contributed by atoms with E-state index >= 15 is 0 Å². The van der Waals surface area contributed by atoms with Crippen molar-refractivity contribution >= 4 is 45.2 Å². The molecule has 0 saturated carbocycles. The Morgan fingerprint density at radius 3 is 2.96 bits per heavy atom. The van der Waals surface area contributed by atoms with Crippen LogP contribution >= 0.6 is 23.5 Å². The average molecular weight is 411 g/mol. The van der Waals surface area contributed by atoms with Crippen molar-refractivity contribution in [1.82, 2.24) is 4.90 Å². The Morgan fingerprint density at radius 1 is 1.21 bits per heavy atom. The SMILES string of the molecule is CC1(C)N=C(SCC2=CSC3=Nc4cccc(F)c4CN23)Nc2ccccc21. The van der Waals surface area contributed by atoms with Gasteiger partial charge in [-0.3, -0.25) is 4.99 Å². The third kappa shape index (κ3) is 3.02. The summed E-state index contributed by atoms with van der Waals surface area (Å²) in [6.45, 7) is 4.79. The van der Waals surface area contributed by atoms with Gasteiger partial charge in [-0.15, -0.1) is 0 Å². The van der Waals surface area contributed by atoms with Crippen LogP contribution in [0.15, 0.2) is 63.6 Å². The molecule has 0 aliphatic carbocycles. The van der Waals surface area contributed by atoms with E-state index in [9.17, 15) is 4.39 Å². The fraction of sp³-hybridized carbons (Fsp3) is 0.238. The summed E-state index contributed by atoms with van der Waals surface area (Å²) in [5.74, 6) is 0.556. The zero-order valence-corrected chi connectivity index (χ0v) is 17.2. The molecule has 1 N–H and O–H groups in total. The lowest BCUT2D eigenvalue weighted by Crippen LogP contribution is -2.29. The van der Waals surface area contributed by atoms with Crippen LogP contribution in [-0.2, 0) is 12.1 Å². The first-order chi connectivity index (χ1) is 13.5. The molecule has 2 aromatic rings. The Kier molecular flexibility index (Phi) is 4.25. The first kappa shape index (κ1) is 17.8. The minimum atomic E-state index is -0.261. The minimum absolute atomic E-state index is 0.194. The number of amidine groups is 2. The molecule has 0 radical (unpaired) electrons. The zero-order valence-electron chi connectivity index (χ0n) is 15.6. The smallest absolute Gasteiger partial charge is 0.173 e. The van der Waals surface area contributed by atoms with Crippen molar-refractivity contribution in [1.29, 1.82) is 0 Å². The number of hydrogen-bond donors (Lipinski definition) is 1. The molecule has 5 rings (SSSR count). The maximum Gasteiger partial charge on any atom is 0.173 e. The number of halogens is 1. The summed E-state index contributed by atoms with van der Waals surface area (Å²) in [4.78, 5) is 11.6. The molecule has 28 heavy (non-hydrogen) atoms. The number of para-hydroxylation sites is 1. The normalized spacial score (nSPS) is 19.0. The van der Waals surface area contributed by atoms with Gasteiger partial charge < -0.3 is 10.2 Å². The van der Waals surface area contributed by atoms with Crippen molar-refractivity contribution in [3.63, 3.8) is 0 Å². The van der Waals surface area contributed by atoms with E-state index in [4.69, 9.17) is 4.99 Å². The monoisotopic (exact) mass is 410 g/mol. The number of aliphatic imine (C=N–C) groups is 2. The van der Waals surface area contributed by atoms with Crippen molar-refractivity contribution in [2.45, 2.75) is 25.9 Å². The quantitative estimate of drug-likeness (QED) is 0.693. The van der Waals surface area contributed by atoms with Gasteiger partial charge >= 0.3 is 0 Å². The third-order valence-electron chi connectivity index (χ3n) is 5.07. The second-order valence-electron chi connectivity index (χ2n) is 7.38. The number of nitrogens with zero attached hydrogens (tertiary/aromatic N) is 3. The number of hydrogen-bond acceptors (Lipinski definition) is 6. The van der Waals surface area contributed by atoms with E-state index in [1.165, 1.54) is 11.6 Å². The van der Waals surface area contributed by atoms with Crippen LogP contribution < -0.4 is 5.32 Å². The van der Waals surface area contributed by atoms with Crippen LogP contribution in [0.2, 0.25) is 0 Å². The van der Waals surface area contributed by atoms with Gasteiger partial charge in [-0.25, -0.2) is 9.38 Å². The Bertz CT molecular complexity index is 1060. The Balaban J connectivity index is 1.33. The van der Waals surface area contributed by atoms with E-state index in [1.807, 2.05) is 18.2 Å². The minimum Gasteiger partial charge on any atom is -0.335 e. The highest BCUT2D eigenvalue weighted by atomic mass is 32.2. The zero-order chi connectivity index (χ0) is 19.3. The molecule has 7 heteroatoms. The molecule has 0 atom stereocenters. The summed E-state index contributed by atoms with van der Waals surface area (Å²) < 4.78 is 14.2. The van der Waals surface area contributed by atoms with Gasteiger partial charge in [-0.05, 0) is 37.5 Å². The molecule has 2 aromatic carbocycles. The van der Waals surface area contributed by atoms with E-state index in [-0.39, 0.29) is 11.4 Å². The predicted octanol–water partition coefficient (Wildman–Crippen LogP) is 5.67. The van der Waals surface area contributed by atoms with Crippen LogP contribution in [0.5, 0.6) is 0 Å². The molecule has 0 bridgehead atoms. The van der Waals surface area contributed by atoms with E-state index in [0.29, 0.717) is 12.1 Å². The molecule has 0 amide bonds. The van der Waals surface area contributed by atoms with Crippen molar-refractivity contribution in [2.75, 3.05) is 11.1 Å². The molecule has 3 aliphatic heterocycles. The number of rotatable bonds is 2. The fourth-order valence-electron chi connectivity index (χ4n) is 3.60. The first-order valence-corrected chi connectivity index (χ1v) is 11.0. The second-order valence-corrected chi connectivity index (χ2v) is 9.18. The summed E-state index contributed by atoms with van der Waals surface area (Å²) >= 11 is 3.27. The van der Waals surface area contributed by atoms with Crippen LogP contribution in [0.4, 0.5) is 15.8 Å². The maximum absolute atomic E-state index is 14.2. The van der Waals surface area contributed by atoms with Gasteiger partial charge in [0.05, 0.1) is 17.8 Å². The van der Waals surface area contributed by atoms with Gasteiger partial charge in [0.15, 0.2) is 10.3 Å². The third-order valence-corrected chi connectivity index (χ3v) is 6.89. The Labute approximate surface area is 172 Å². The summed E-state index contributed by atoms with van der Waals surface area (Å²) in [5.41, 5.74) is 4.57. The van der Waals surface area contributed by atoms with E-state index in [2.05, 4.69) is 46.6 Å². The molecule has 0 spiro atoms. The molecule has 4 nitrogen and oxygen atoms in total. The van der Waals surface area contributed by atoms with Gasteiger partial charge in [0.1, 0.15) is 5.82 Å². The fourth-order valence-corrected chi connectivity index (χ4v) is 5.62. The van der Waals surface area contributed by atoms with Gasteiger partial charge in [-0.2, -0.15) is 0 Å². The molecule has 0 aromatic heterocycles. The topological polar surface area (TPSA) is 40.0 Å². The van der Waals surface area contributed by atoms with Crippen molar-refractivity contribution in [3.05, 3.63) is 70.5 Å². The van der Waals surface area contributed by atoms with E-state index in [0.717, 1.165) is 33.2 Å². The lowest BCUT2D eigenvalue weighted by molar-refractivity contribution is 0.494. The summed E-state index contributed by atoms with van der Waals surface area (Å²) in [7, 11) is 0. The van der Waals surface area contributed by atoms with Gasteiger partial charge in [-0.1, -0.05) is 47.8 Å². The Hall–Kier alpha value is -2.25. The van der Waals surface area contributed by atoms with E-state index in [1.54, 1.807) is 29.6 Å². The summed E-state index contributed by atoms with van der Waals surface area (Å²) in [5, 5.41) is 7.37. The average Bonchev–Trinajstić information content (AvgIpc) is 3.07. The van der Waals surface area contributed by atoms with Crippen LogP contribution in [0, 0.1) is 5.82 Å². The number of nitrogens with one attached hydrogen (secondary N) is 1. The Morgan fingerprint density at radius 2 is 2.07 bits per heavy atom. The van der Waals surface area contributed by atoms with Gasteiger partial charge in [0.2, 0.25) is 0 Å². The number of thioether (sulfide) groups is 2. The predicted molar refractivity (Wildman–Crippen MR) is 118 cm³/mol.